The Morgan fingerprint density at radius 1 is 1.60 bits per heavy atom. The van der Waals surface area contributed by atoms with Gasteiger partial charge >= 0.3 is 0 Å². The van der Waals surface area contributed by atoms with E-state index in [0.29, 0.717) is 18.4 Å². The van der Waals surface area contributed by atoms with Crippen LogP contribution < -0.4 is 11.1 Å². The Bertz CT molecular complexity index is 287. The van der Waals surface area contributed by atoms with Crippen LogP contribution in [0.5, 0.6) is 0 Å². The van der Waals surface area contributed by atoms with Crippen LogP contribution in [-0.2, 0) is 4.74 Å². The minimum atomic E-state index is 0.238. The van der Waals surface area contributed by atoms with Gasteiger partial charge in [0.05, 0.1) is 12.6 Å². The second-order valence-electron chi connectivity index (χ2n) is 3.39. The predicted molar refractivity (Wildman–Crippen MR) is 60.6 cm³/mol. The zero-order chi connectivity index (χ0) is 11.1. The third kappa shape index (κ3) is 4.12. The minimum Gasteiger partial charge on any atom is -0.384 e. The molecule has 1 aromatic rings. The van der Waals surface area contributed by atoms with Gasteiger partial charge in [-0.1, -0.05) is 13.3 Å². The maximum atomic E-state index is 5.56. The normalized spacial score (nSPS) is 12.4. The van der Waals surface area contributed by atoms with Gasteiger partial charge < -0.3 is 15.8 Å². The van der Waals surface area contributed by atoms with Crippen LogP contribution in [0.3, 0.4) is 0 Å². The van der Waals surface area contributed by atoms with Gasteiger partial charge in [-0.05, 0) is 12.5 Å². The molecule has 1 rings (SSSR count). The number of hydrogen-bond acceptors (Lipinski definition) is 5. The highest BCUT2D eigenvalue weighted by Gasteiger charge is 2.08. The molecule has 0 bridgehead atoms. The maximum absolute atomic E-state index is 5.56. The molecule has 0 amide bonds. The summed E-state index contributed by atoms with van der Waals surface area (Å²) in [5.41, 5.74) is 5.56. The summed E-state index contributed by atoms with van der Waals surface area (Å²) in [4.78, 5) is 8.16. The van der Waals surface area contributed by atoms with Crippen LogP contribution in [0.1, 0.15) is 19.8 Å². The van der Waals surface area contributed by atoms with Gasteiger partial charge in [0.15, 0.2) is 0 Å². The van der Waals surface area contributed by atoms with Gasteiger partial charge in [0, 0.05) is 13.3 Å². The smallest absolute Gasteiger partial charge is 0.224 e. The van der Waals surface area contributed by atoms with Crippen LogP contribution in [0, 0.1) is 0 Å². The quantitative estimate of drug-likeness (QED) is 0.740. The Morgan fingerprint density at radius 3 is 3.00 bits per heavy atom. The van der Waals surface area contributed by atoms with Gasteiger partial charge in [-0.2, -0.15) is 4.98 Å². The van der Waals surface area contributed by atoms with Crippen molar-refractivity contribution in [2.75, 3.05) is 24.8 Å². The first-order valence-electron chi connectivity index (χ1n) is 5.10. The third-order valence-corrected chi connectivity index (χ3v) is 2.02. The number of anilines is 2. The average Bonchev–Trinajstić information content (AvgIpc) is 2.18. The van der Waals surface area contributed by atoms with Crippen molar-refractivity contribution < 1.29 is 4.74 Å². The lowest BCUT2D eigenvalue weighted by Gasteiger charge is -2.16. The Balaban J connectivity index is 2.56. The standard InChI is InChI=1S/C10H18N4O/c1-3-4-8(7-15-2)13-10-12-6-5-9(11)14-10/h5-6,8H,3-4,7H2,1-2H3,(H3,11,12,13,14). The van der Waals surface area contributed by atoms with Crippen molar-refractivity contribution in [2.24, 2.45) is 0 Å². The third-order valence-electron chi connectivity index (χ3n) is 2.02. The summed E-state index contributed by atoms with van der Waals surface area (Å²) >= 11 is 0. The molecule has 0 radical (unpaired) electrons. The Hall–Kier alpha value is -1.36. The number of nitrogens with two attached hydrogens (primary N) is 1. The van der Waals surface area contributed by atoms with Gasteiger partial charge in [0.1, 0.15) is 5.82 Å². The molecule has 15 heavy (non-hydrogen) atoms. The second-order valence-corrected chi connectivity index (χ2v) is 3.39. The molecular weight excluding hydrogens is 192 g/mol. The van der Waals surface area contributed by atoms with Crippen LogP contribution >= 0.6 is 0 Å². The first-order valence-corrected chi connectivity index (χ1v) is 5.10. The molecule has 5 nitrogen and oxygen atoms in total. The SMILES string of the molecule is CCCC(COC)Nc1nccc(N)n1. The zero-order valence-corrected chi connectivity index (χ0v) is 9.23. The van der Waals surface area contributed by atoms with E-state index in [1.54, 1.807) is 19.4 Å². The molecule has 0 fully saturated rings. The van der Waals surface area contributed by atoms with Crippen molar-refractivity contribution in [1.29, 1.82) is 0 Å². The van der Waals surface area contributed by atoms with Crippen molar-refractivity contribution in [3.63, 3.8) is 0 Å². The van der Waals surface area contributed by atoms with E-state index >= 15 is 0 Å². The molecular formula is C10H18N4O. The highest BCUT2D eigenvalue weighted by molar-refractivity contribution is 5.35. The van der Waals surface area contributed by atoms with E-state index in [0.717, 1.165) is 12.8 Å². The fourth-order valence-electron chi connectivity index (χ4n) is 1.37. The van der Waals surface area contributed by atoms with Gasteiger partial charge in [-0.3, -0.25) is 0 Å². The van der Waals surface area contributed by atoms with E-state index in [1.165, 1.54) is 0 Å². The van der Waals surface area contributed by atoms with Crippen molar-refractivity contribution in [3.8, 4) is 0 Å². The number of nitrogens with zero attached hydrogens (tertiary/aromatic N) is 2. The molecule has 0 aliphatic heterocycles. The molecule has 1 atom stereocenters. The summed E-state index contributed by atoms with van der Waals surface area (Å²) in [6, 6.07) is 1.90. The lowest BCUT2D eigenvalue weighted by Crippen LogP contribution is -2.25. The Labute approximate surface area is 90.1 Å². The van der Waals surface area contributed by atoms with Crippen LogP contribution in [0.25, 0.3) is 0 Å². The molecule has 0 saturated carbocycles. The van der Waals surface area contributed by atoms with E-state index in [2.05, 4.69) is 22.2 Å². The first kappa shape index (κ1) is 11.7. The van der Waals surface area contributed by atoms with Crippen LogP contribution in [0.2, 0.25) is 0 Å². The maximum Gasteiger partial charge on any atom is 0.224 e. The van der Waals surface area contributed by atoms with Gasteiger partial charge in [-0.15, -0.1) is 0 Å². The minimum absolute atomic E-state index is 0.238. The summed E-state index contributed by atoms with van der Waals surface area (Å²) in [7, 11) is 1.69. The monoisotopic (exact) mass is 210 g/mol. The van der Waals surface area contributed by atoms with Crippen LogP contribution in [0.4, 0.5) is 11.8 Å². The topological polar surface area (TPSA) is 73.1 Å². The van der Waals surface area contributed by atoms with Crippen molar-refractivity contribution >= 4 is 11.8 Å². The van der Waals surface area contributed by atoms with Crippen LogP contribution in [-0.4, -0.2) is 29.7 Å². The summed E-state index contributed by atoms with van der Waals surface area (Å²) in [5, 5.41) is 3.19. The fraction of sp³-hybridized carbons (Fsp3) is 0.600. The molecule has 0 aromatic carbocycles. The first-order chi connectivity index (χ1) is 7.26. The molecule has 5 heteroatoms. The highest BCUT2D eigenvalue weighted by Crippen LogP contribution is 2.07. The van der Waals surface area contributed by atoms with Crippen molar-refractivity contribution in [2.45, 2.75) is 25.8 Å². The number of methoxy groups -OCH3 is 1. The summed E-state index contributed by atoms with van der Waals surface area (Å²) in [5.74, 6) is 1.03. The molecule has 0 aliphatic rings. The number of aromatic nitrogens is 2. The van der Waals surface area contributed by atoms with E-state index in [4.69, 9.17) is 10.5 Å². The van der Waals surface area contributed by atoms with Gasteiger partial charge in [-0.25, -0.2) is 4.98 Å². The molecule has 84 valence electrons. The van der Waals surface area contributed by atoms with Crippen molar-refractivity contribution in [3.05, 3.63) is 12.3 Å². The Kier molecular flexibility index (Phi) is 4.83. The molecule has 1 unspecified atom stereocenters. The molecule has 1 aromatic heterocycles. The van der Waals surface area contributed by atoms with Crippen LogP contribution in [0.15, 0.2) is 12.3 Å². The average molecular weight is 210 g/mol. The number of nitrogens with one attached hydrogen (secondary N) is 1. The van der Waals surface area contributed by atoms with E-state index in [9.17, 15) is 0 Å². The van der Waals surface area contributed by atoms with E-state index < -0.39 is 0 Å². The largest absolute Gasteiger partial charge is 0.384 e. The summed E-state index contributed by atoms with van der Waals surface area (Å²) in [6.45, 7) is 2.77. The van der Waals surface area contributed by atoms with E-state index in [1.807, 2.05) is 0 Å². The molecule has 3 N–H and O–H groups in total. The number of ether oxygens (including phenoxy) is 1. The molecule has 1 heterocycles. The molecule has 0 saturated heterocycles. The lowest BCUT2D eigenvalue weighted by atomic mass is 10.2. The zero-order valence-electron chi connectivity index (χ0n) is 9.23. The van der Waals surface area contributed by atoms with Gasteiger partial charge in [0.2, 0.25) is 5.95 Å². The lowest BCUT2D eigenvalue weighted by molar-refractivity contribution is 0.182. The predicted octanol–water partition coefficient (Wildman–Crippen LogP) is 1.29. The Morgan fingerprint density at radius 2 is 2.40 bits per heavy atom. The summed E-state index contributed by atoms with van der Waals surface area (Å²) < 4.78 is 5.11. The second kappa shape index (κ2) is 6.19. The van der Waals surface area contributed by atoms with Gasteiger partial charge in [0.25, 0.3) is 0 Å². The molecule has 0 spiro atoms. The van der Waals surface area contributed by atoms with E-state index in [-0.39, 0.29) is 6.04 Å². The highest BCUT2D eigenvalue weighted by atomic mass is 16.5. The number of hydrogen-bond donors (Lipinski definition) is 2. The number of rotatable bonds is 6. The fourth-order valence-corrected chi connectivity index (χ4v) is 1.37. The number of nitrogen functional groups attached to an aromatic ring is 1. The molecule has 0 aliphatic carbocycles. The van der Waals surface area contributed by atoms with Crippen molar-refractivity contribution in [1.82, 2.24) is 9.97 Å². The summed E-state index contributed by atoms with van der Waals surface area (Å²) in [6.07, 6.45) is 3.75.